The number of carboxylic acids is 1. The molecule has 38 heavy (non-hydrogen) atoms. The molecule has 7 nitrogen and oxygen atoms in total. The van der Waals surface area contributed by atoms with Gasteiger partial charge in [-0.15, -0.1) is 0 Å². The number of carbonyl (C=O) groups excluding carboxylic acids is 1. The van der Waals surface area contributed by atoms with Crippen molar-refractivity contribution in [2.45, 2.75) is 25.1 Å². The largest absolute Gasteiger partial charge is 0.480 e. The van der Waals surface area contributed by atoms with Crippen LogP contribution < -0.4 is 10.9 Å². The predicted octanol–water partition coefficient (Wildman–Crippen LogP) is 5.56. The molecule has 2 heterocycles. The molecule has 1 atom stereocenters. The molecule has 0 aliphatic heterocycles. The molecule has 0 saturated carbocycles. The summed E-state index contributed by atoms with van der Waals surface area (Å²) in [6, 6.07) is 22.0. The first-order chi connectivity index (χ1) is 18.4. The Labute approximate surface area is 222 Å². The van der Waals surface area contributed by atoms with Gasteiger partial charge in [0.2, 0.25) is 5.91 Å². The lowest BCUT2D eigenvalue weighted by Crippen LogP contribution is -2.43. The van der Waals surface area contributed by atoms with Gasteiger partial charge in [0.1, 0.15) is 17.2 Å². The van der Waals surface area contributed by atoms with Crippen molar-refractivity contribution >= 4 is 45.6 Å². The summed E-state index contributed by atoms with van der Waals surface area (Å²) in [5.74, 6) is -0.859. The smallest absolute Gasteiger partial charge is 0.340 e. The highest BCUT2D eigenvalue weighted by molar-refractivity contribution is 7.98. The van der Waals surface area contributed by atoms with Gasteiger partial charge in [0.15, 0.2) is 0 Å². The van der Waals surface area contributed by atoms with Crippen LogP contribution in [0, 0.1) is 6.92 Å². The Bertz CT molecular complexity index is 1670. The van der Waals surface area contributed by atoms with Crippen LogP contribution in [-0.2, 0) is 21.8 Å². The molecular weight excluding hydrogens is 502 g/mol. The van der Waals surface area contributed by atoms with Gasteiger partial charge in [-0.2, -0.15) is 11.8 Å². The van der Waals surface area contributed by atoms with Crippen LogP contribution in [0.2, 0.25) is 0 Å². The van der Waals surface area contributed by atoms with Crippen LogP contribution in [0.25, 0.3) is 33.1 Å². The van der Waals surface area contributed by atoms with E-state index < -0.39 is 23.5 Å². The number of aliphatic carboxylic acids is 1. The average Bonchev–Trinajstić information content (AvgIpc) is 3.33. The highest BCUT2D eigenvalue weighted by atomic mass is 32.2. The molecule has 2 N–H and O–H groups in total. The van der Waals surface area contributed by atoms with Gasteiger partial charge in [-0.1, -0.05) is 60.7 Å². The Morgan fingerprint density at radius 1 is 0.974 bits per heavy atom. The molecule has 0 aliphatic carbocycles. The predicted molar refractivity (Wildman–Crippen MR) is 148 cm³/mol. The number of fused-ring (bicyclic) bond motifs is 2. The maximum atomic E-state index is 12.8. The monoisotopic (exact) mass is 527 g/mol. The zero-order chi connectivity index (χ0) is 26.6. The van der Waals surface area contributed by atoms with Gasteiger partial charge in [0.05, 0.1) is 18.2 Å². The summed E-state index contributed by atoms with van der Waals surface area (Å²) in [7, 11) is 0. The third kappa shape index (κ3) is 5.35. The SMILES string of the molecule is Cc1c(CC(=O)N[C@@H](CSCc2ccccc2)C(=O)O)c(=O)oc2cc3occ(-c4ccccc4)c3cc12. The topological polar surface area (TPSA) is 110 Å². The van der Waals surface area contributed by atoms with Crippen LogP contribution in [0.5, 0.6) is 0 Å². The summed E-state index contributed by atoms with van der Waals surface area (Å²) < 4.78 is 11.3. The van der Waals surface area contributed by atoms with Gasteiger partial charge in [-0.3, -0.25) is 4.79 Å². The van der Waals surface area contributed by atoms with E-state index in [9.17, 15) is 19.5 Å². The van der Waals surface area contributed by atoms with E-state index in [1.807, 2.05) is 66.7 Å². The van der Waals surface area contributed by atoms with Gasteiger partial charge < -0.3 is 19.3 Å². The van der Waals surface area contributed by atoms with Crippen molar-refractivity contribution in [2.24, 2.45) is 0 Å². The Hall–Kier alpha value is -4.30. The van der Waals surface area contributed by atoms with E-state index in [0.717, 1.165) is 22.1 Å². The lowest BCUT2D eigenvalue weighted by Gasteiger charge is -2.15. The van der Waals surface area contributed by atoms with Gasteiger partial charge in [0, 0.05) is 33.9 Å². The number of thioether (sulfide) groups is 1. The highest BCUT2D eigenvalue weighted by Crippen LogP contribution is 2.34. The van der Waals surface area contributed by atoms with Crippen LogP contribution in [-0.4, -0.2) is 28.8 Å². The molecule has 5 rings (SSSR count). The summed E-state index contributed by atoms with van der Waals surface area (Å²) >= 11 is 1.42. The number of rotatable bonds is 9. The third-order valence-electron chi connectivity index (χ3n) is 6.43. The number of carbonyl (C=O) groups is 2. The molecular formula is C30H25NO6S. The molecule has 0 saturated heterocycles. The summed E-state index contributed by atoms with van der Waals surface area (Å²) in [5, 5.41) is 13.7. The van der Waals surface area contributed by atoms with Crippen LogP contribution in [0.1, 0.15) is 16.7 Å². The first-order valence-electron chi connectivity index (χ1n) is 12.1. The van der Waals surface area contributed by atoms with Crippen molar-refractivity contribution in [1.29, 1.82) is 0 Å². The van der Waals surface area contributed by atoms with Gasteiger partial charge >= 0.3 is 11.6 Å². The Morgan fingerprint density at radius 3 is 2.39 bits per heavy atom. The van der Waals surface area contributed by atoms with Crippen molar-refractivity contribution in [3.8, 4) is 11.1 Å². The van der Waals surface area contributed by atoms with E-state index in [0.29, 0.717) is 27.9 Å². The van der Waals surface area contributed by atoms with Crippen LogP contribution in [0.4, 0.5) is 0 Å². The second kappa shape index (κ2) is 11.0. The number of furan rings is 1. The fraction of sp³-hybridized carbons (Fsp3) is 0.167. The molecule has 2 aromatic heterocycles. The van der Waals surface area contributed by atoms with Crippen molar-refractivity contribution in [2.75, 3.05) is 5.75 Å². The number of amides is 1. The lowest BCUT2D eigenvalue weighted by atomic mass is 9.99. The standard InChI is InChI=1S/C30H25NO6S/c1-18-21-12-23-24(20-10-6-3-7-11-20)15-36-26(23)14-27(21)37-30(35)22(18)13-28(32)31-25(29(33)34)17-38-16-19-8-4-2-5-9-19/h2-12,14-15,25H,13,16-17H2,1H3,(H,31,32)(H,33,34)/t25-/m0/s1. The number of benzene rings is 3. The summed E-state index contributed by atoms with van der Waals surface area (Å²) in [6.07, 6.45) is 1.38. The molecule has 1 amide bonds. The molecule has 8 heteroatoms. The number of hydrogen-bond acceptors (Lipinski definition) is 6. The van der Waals surface area contributed by atoms with E-state index in [1.54, 1.807) is 19.3 Å². The van der Waals surface area contributed by atoms with Crippen molar-refractivity contribution in [3.63, 3.8) is 0 Å². The number of aryl methyl sites for hydroxylation is 1. The average molecular weight is 528 g/mol. The Kier molecular flexibility index (Phi) is 7.33. The van der Waals surface area contributed by atoms with Crippen LogP contribution in [0.15, 0.2) is 92.7 Å². The molecule has 0 aliphatic rings. The minimum Gasteiger partial charge on any atom is -0.480 e. The quantitative estimate of drug-likeness (QED) is 0.242. The third-order valence-corrected chi connectivity index (χ3v) is 7.54. The summed E-state index contributed by atoms with van der Waals surface area (Å²) in [4.78, 5) is 37.4. The molecule has 0 fully saturated rings. The second-order valence-corrected chi connectivity index (χ2v) is 10.0. The van der Waals surface area contributed by atoms with Crippen molar-refractivity contribution < 1.29 is 23.5 Å². The van der Waals surface area contributed by atoms with E-state index in [2.05, 4.69) is 5.32 Å². The Balaban J connectivity index is 1.37. The van der Waals surface area contributed by atoms with E-state index in [4.69, 9.17) is 8.83 Å². The zero-order valence-electron chi connectivity index (χ0n) is 20.6. The minimum absolute atomic E-state index is 0.195. The van der Waals surface area contributed by atoms with Crippen LogP contribution in [0.3, 0.4) is 0 Å². The Morgan fingerprint density at radius 2 is 1.68 bits per heavy atom. The first kappa shape index (κ1) is 25.4. The highest BCUT2D eigenvalue weighted by Gasteiger charge is 2.23. The first-order valence-corrected chi connectivity index (χ1v) is 13.2. The fourth-order valence-corrected chi connectivity index (χ4v) is 5.41. The summed E-state index contributed by atoms with van der Waals surface area (Å²) in [5.41, 5.74) is 4.08. The maximum Gasteiger partial charge on any atom is 0.340 e. The number of carboxylic acid groups (broad SMARTS) is 1. The number of hydrogen-bond donors (Lipinski definition) is 2. The number of nitrogens with one attached hydrogen (secondary N) is 1. The van der Waals surface area contributed by atoms with Crippen LogP contribution >= 0.6 is 11.8 Å². The van der Waals surface area contributed by atoms with E-state index in [-0.39, 0.29) is 17.7 Å². The molecule has 192 valence electrons. The molecule has 0 radical (unpaired) electrons. The molecule has 0 spiro atoms. The second-order valence-electron chi connectivity index (χ2n) is 8.99. The van der Waals surface area contributed by atoms with Gasteiger partial charge in [-0.25, -0.2) is 9.59 Å². The molecule has 5 aromatic rings. The lowest BCUT2D eigenvalue weighted by molar-refractivity contribution is -0.141. The maximum absolute atomic E-state index is 12.8. The fourth-order valence-electron chi connectivity index (χ4n) is 4.41. The normalized spacial score (nSPS) is 12.0. The van der Waals surface area contributed by atoms with Gasteiger partial charge in [0.25, 0.3) is 0 Å². The van der Waals surface area contributed by atoms with E-state index in [1.165, 1.54) is 11.8 Å². The van der Waals surface area contributed by atoms with E-state index >= 15 is 0 Å². The van der Waals surface area contributed by atoms with Crippen molar-refractivity contribution in [3.05, 3.63) is 106 Å². The molecule has 0 bridgehead atoms. The molecule has 0 unspecified atom stereocenters. The van der Waals surface area contributed by atoms with Crippen molar-refractivity contribution in [1.82, 2.24) is 5.32 Å². The van der Waals surface area contributed by atoms with Gasteiger partial charge in [-0.05, 0) is 29.7 Å². The summed E-state index contributed by atoms with van der Waals surface area (Å²) in [6.45, 7) is 1.76. The zero-order valence-corrected chi connectivity index (χ0v) is 21.4. The minimum atomic E-state index is -1.13. The molecule has 3 aromatic carbocycles.